The molecule has 2 aliphatic carbocycles. The van der Waals surface area contributed by atoms with Crippen molar-refractivity contribution in [3.63, 3.8) is 0 Å². The highest BCUT2D eigenvalue weighted by atomic mass is 16.8. The monoisotopic (exact) mass is 745 g/mol. The van der Waals surface area contributed by atoms with Crippen molar-refractivity contribution in [3.8, 4) is 0 Å². The fourth-order valence-electron chi connectivity index (χ4n) is 7.11. The molecule has 2 aromatic carbocycles. The molecule has 13 heteroatoms. The summed E-state index contributed by atoms with van der Waals surface area (Å²) in [6.45, 7) is 8.51. The Morgan fingerprint density at radius 2 is 1.69 bits per heavy atom. The standard InChI is InChI=1S/C41H47NO12/c1-39(2,3)53-33(45)17-15-28(22-43)42-36(46)27-18-30(34-31(19-27)52-41(54-34)20-25-11-6-7-12-26(25)21-41)50-37(47)29-13-9-8-10-24(29)14-16-32(44)51-35-38(48)49-23-40(35,4)5/h6-14,16,19,28,30-31,34-35,43H,15,17-18,20-23H2,1-5H3,(H,42,46)/t28-,30+,31+,34-,35-/m0/s1. The Kier molecular flexibility index (Phi) is 11.1. The predicted octanol–water partition coefficient (Wildman–Crippen LogP) is 3.93. The largest absolute Gasteiger partial charge is 0.462 e. The number of nitrogens with one attached hydrogen (secondary N) is 1. The van der Waals surface area contributed by atoms with E-state index in [4.69, 9.17) is 28.4 Å². The Bertz CT molecular complexity index is 1830. The highest BCUT2D eigenvalue weighted by molar-refractivity contribution is 5.97. The van der Waals surface area contributed by atoms with Crippen LogP contribution < -0.4 is 5.32 Å². The van der Waals surface area contributed by atoms with Crippen molar-refractivity contribution in [3.05, 3.63) is 88.5 Å². The third-order valence-corrected chi connectivity index (χ3v) is 9.76. The number of ether oxygens (including phenoxy) is 6. The number of carbonyl (C=O) groups is 5. The smallest absolute Gasteiger partial charge is 0.348 e. The van der Waals surface area contributed by atoms with Gasteiger partial charge in [0.25, 0.3) is 0 Å². The number of fused-ring (bicyclic) bond motifs is 2. The van der Waals surface area contributed by atoms with Gasteiger partial charge in [0, 0.05) is 42.7 Å². The van der Waals surface area contributed by atoms with Gasteiger partial charge in [0.2, 0.25) is 12.0 Å². The molecular weight excluding hydrogens is 698 g/mol. The maximum atomic E-state index is 13.9. The van der Waals surface area contributed by atoms with Crippen LogP contribution in [0.1, 0.15) is 80.9 Å². The van der Waals surface area contributed by atoms with Crippen LogP contribution in [0.25, 0.3) is 6.08 Å². The summed E-state index contributed by atoms with van der Waals surface area (Å²) < 4.78 is 35.1. The van der Waals surface area contributed by atoms with E-state index < -0.39 is 83.7 Å². The molecule has 2 saturated heterocycles. The van der Waals surface area contributed by atoms with Crippen LogP contribution in [0.4, 0.5) is 0 Å². The normalized spacial score (nSPS) is 24.3. The van der Waals surface area contributed by atoms with E-state index >= 15 is 0 Å². The van der Waals surface area contributed by atoms with Gasteiger partial charge in [-0.05, 0) is 62.1 Å². The molecule has 0 aromatic heterocycles. The minimum atomic E-state index is -1.06. The molecule has 0 saturated carbocycles. The molecule has 54 heavy (non-hydrogen) atoms. The maximum absolute atomic E-state index is 13.9. The van der Waals surface area contributed by atoms with Gasteiger partial charge in [0.05, 0.1) is 18.2 Å². The van der Waals surface area contributed by atoms with Crippen molar-refractivity contribution in [1.82, 2.24) is 5.32 Å². The topological polar surface area (TPSA) is 173 Å². The second-order valence-electron chi connectivity index (χ2n) is 15.8. The Morgan fingerprint density at radius 1 is 1.00 bits per heavy atom. The summed E-state index contributed by atoms with van der Waals surface area (Å²) in [6, 6.07) is 13.7. The van der Waals surface area contributed by atoms with E-state index in [9.17, 15) is 29.1 Å². The molecule has 2 aliphatic heterocycles. The summed E-state index contributed by atoms with van der Waals surface area (Å²) >= 11 is 0. The average molecular weight is 746 g/mol. The molecule has 1 spiro atoms. The molecule has 2 N–H and O–H groups in total. The first kappa shape index (κ1) is 38.9. The summed E-state index contributed by atoms with van der Waals surface area (Å²) in [5.41, 5.74) is 1.57. The Labute approximate surface area is 314 Å². The zero-order valence-corrected chi connectivity index (χ0v) is 31.1. The van der Waals surface area contributed by atoms with Crippen LogP contribution in [0.15, 0.2) is 66.3 Å². The lowest BCUT2D eigenvalue weighted by Crippen LogP contribution is -2.45. The zero-order valence-electron chi connectivity index (χ0n) is 31.1. The molecule has 0 bridgehead atoms. The first-order chi connectivity index (χ1) is 25.5. The van der Waals surface area contributed by atoms with E-state index in [0.717, 1.165) is 17.2 Å². The summed E-state index contributed by atoms with van der Waals surface area (Å²) in [5.74, 6) is -4.09. The Morgan fingerprint density at radius 3 is 2.33 bits per heavy atom. The van der Waals surface area contributed by atoms with Crippen molar-refractivity contribution in [2.45, 2.75) is 109 Å². The molecule has 6 rings (SSSR count). The van der Waals surface area contributed by atoms with Crippen LogP contribution in [-0.4, -0.2) is 90.0 Å². The highest BCUT2D eigenvalue weighted by Crippen LogP contribution is 2.45. The van der Waals surface area contributed by atoms with Gasteiger partial charge in [-0.15, -0.1) is 0 Å². The quantitative estimate of drug-likeness (QED) is 0.193. The summed E-state index contributed by atoms with van der Waals surface area (Å²) in [4.78, 5) is 64.7. The molecule has 0 unspecified atom stereocenters. The lowest BCUT2D eigenvalue weighted by atomic mass is 9.90. The lowest BCUT2D eigenvalue weighted by molar-refractivity contribution is -0.172. The number of hydrogen-bond acceptors (Lipinski definition) is 12. The van der Waals surface area contributed by atoms with Gasteiger partial charge in [0.15, 0.2) is 5.79 Å². The summed E-state index contributed by atoms with van der Waals surface area (Å²) in [7, 11) is 0. The number of aliphatic hydroxyl groups excluding tert-OH is 1. The molecule has 2 aromatic rings. The van der Waals surface area contributed by atoms with E-state index in [2.05, 4.69) is 5.32 Å². The van der Waals surface area contributed by atoms with Crippen LogP contribution in [0.3, 0.4) is 0 Å². The number of esters is 4. The third-order valence-electron chi connectivity index (χ3n) is 9.76. The highest BCUT2D eigenvalue weighted by Gasteiger charge is 2.55. The minimum Gasteiger partial charge on any atom is -0.462 e. The van der Waals surface area contributed by atoms with Gasteiger partial charge in [-0.3, -0.25) is 9.59 Å². The number of aliphatic hydroxyl groups is 1. The average Bonchev–Trinajstić information content (AvgIpc) is 3.75. The second-order valence-corrected chi connectivity index (χ2v) is 15.8. The van der Waals surface area contributed by atoms with Crippen molar-refractivity contribution in [1.29, 1.82) is 0 Å². The van der Waals surface area contributed by atoms with Gasteiger partial charge in [-0.1, -0.05) is 56.3 Å². The first-order valence-electron chi connectivity index (χ1n) is 18.2. The minimum absolute atomic E-state index is 0.0104. The number of hydrogen-bond donors (Lipinski definition) is 2. The Balaban J connectivity index is 1.18. The summed E-state index contributed by atoms with van der Waals surface area (Å²) in [5, 5.41) is 12.8. The molecule has 1 amide bonds. The van der Waals surface area contributed by atoms with Crippen LogP contribution >= 0.6 is 0 Å². The number of amides is 1. The van der Waals surface area contributed by atoms with Crippen LogP contribution in [-0.2, 0) is 60.4 Å². The fourth-order valence-corrected chi connectivity index (χ4v) is 7.11. The van der Waals surface area contributed by atoms with Gasteiger partial charge in [-0.2, -0.15) is 0 Å². The van der Waals surface area contributed by atoms with Crippen LogP contribution in [0, 0.1) is 5.41 Å². The van der Waals surface area contributed by atoms with E-state index in [1.807, 2.05) is 24.3 Å². The van der Waals surface area contributed by atoms with Crippen LogP contribution in [0.2, 0.25) is 0 Å². The number of cyclic esters (lactones) is 1. The van der Waals surface area contributed by atoms with E-state index in [1.165, 1.54) is 6.08 Å². The Hall–Kier alpha value is -4.85. The number of benzene rings is 2. The number of carbonyl (C=O) groups excluding carboxylic acids is 5. The second kappa shape index (κ2) is 15.5. The van der Waals surface area contributed by atoms with Crippen molar-refractivity contribution < 1.29 is 57.5 Å². The maximum Gasteiger partial charge on any atom is 0.348 e. The van der Waals surface area contributed by atoms with E-state index in [1.54, 1.807) is 65.0 Å². The summed E-state index contributed by atoms with van der Waals surface area (Å²) in [6.07, 6.45) is 1.78. The van der Waals surface area contributed by atoms with Crippen molar-refractivity contribution >= 4 is 35.9 Å². The van der Waals surface area contributed by atoms with Crippen molar-refractivity contribution in [2.24, 2.45) is 5.41 Å². The SMILES string of the molecule is CC(C)(C)OC(=O)CC[C@@H](CO)NC(=O)C1=C[C@H]2OC3(Cc4ccccc4C3)O[C@H]2[C@H](OC(=O)c2ccccc2C=CC(=O)O[C@H]2C(=O)OCC2(C)C)C1. The lowest BCUT2D eigenvalue weighted by Gasteiger charge is -2.31. The first-order valence-corrected chi connectivity index (χ1v) is 18.2. The van der Waals surface area contributed by atoms with Gasteiger partial charge < -0.3 is 38.8 Å². The molecule has 2 heterocycles. The van der Waals surface area contributed by atoms with E-state index in [-0.39, 0.29) is 37.0 Å². The molecule has 0 radical (unpaired) electrons. The predicted molar refractivity (Wildman–Crippen MR) is 192 cm³/mol. The number of rotatable bonds is 11. The van der Waals surface area contributed by atoms with E-state index in [0.29, 0.717) is 18.4 Å². The fraction of sp³-hybridized carbons (Fsp3) is 0.488. The van der Waals surface area contributed by atoms with Crippen LogP contribution in [0.5, 0.6) is 0 Å². The van der Waals surface area contributed by atoms with Gasteiger partial charge >= 0.3 is 23.9 Å². The molecule has 2 fully saturated rings. The molecule has 13 nitrogen and oxygen atoms in total. The van der Waals surface area contributed by atoms with Crippen molar-refractivity contribution in [2.75, 3.05) is 13.2 Å². The molecule has 5 atom stereocenters. The molecular formula is C41H47NO12. The van der Waals surface area contributed by atoms with Gasteiger partial charge in [0.1, 0.15) is 30.5 Å². The zero-order chi connectivity index (χ0) is 38.8. The molecule has 4 aliphatic rings. The molecule has 288 valence electrons. The van der Waals surface area contributed by atoms with Gasteiger partial charge in [-0.25, -0.2) is 14.4 Å². The third kappa shape index (κ3) is 8.91.